The maximum Gasteiger partial charge on any atom is 0.324 e. The summed E-state index contributed by atoms with van der Waals surface area (Å²) in [6.45, 7) is 23.7. The third-order valence-electron chi connectivity index (χ3n) is 16.6. The molecule has 19 heteroatoms. The molecule has 18 nitrogen and oxygen atoms in total. The highest BCUT2D eigenvalue weighted by Gasteiger charge is 2.59. The number of hydrogen-bond acceptors (Lipinski definition) is 13. The van der Waals surface area contributed by atoms with Gasteiger partial charge in [-0.15, -0.1) is 11.8 Å². The summed E-state index contributed by atoms with van der Waals surface area (Å²) in [5.74, 6) is -1.02. The molecule has 0 aliphatic carbocycles. The summed E-state index contributed by atoms with van der Waals surface area (Å²) >= 11 is 1.50. The minimum Gasteiger partial charge on any atom is -0.464 e. The molecular formula is C56H79N9O9S. The highest BCUT2D eigenvalue weighted by Crippen LogP contribution is 2.51. The molecule has 2 N–H and O–H groups in total. The van der Waals surface area contributed by atoms with E-state index in [1.807, 2.05) is 46.9 Å². The van der Waals surface area contributed by atoms with Gasteiger partial charge >= 0.3 is 12.0 Å². The molecule has 6 aliphatic rings. The van der Waals surface area contributed by atoms with E-state index < -0.39 is 45.6 Å². The molecule has 5 amide bonds. The lowest BCUT2D eigenvalue weighted by atomic mass is 9.80. The number of likely N-dealkylation sites (tertiary alicyclic amines) is 1. The first-order chi connectivity index (χ1) is 35.6. The fourth-order valence-corrected chi connectivity index (χ4v) is 14.0. The lowest BCUT2D eigenvalue weighted by Crippen LogP contribution is -2.69. The van der Waals surface area contributed by atoms with Gasteiger partial charge in [0.15, 0.2) is 0 Å². The molecule has 6 atom stereocenters. The first kappa shape index (κ1) is 54.6. The number of esters is 1. The number of nitrogens with one attached hydrogen (secondary N) is 2. The first-order valence-electron chi connectivity index (χ1n) is 27.0. The third-order valence-corrected chi connectivity index (χ3v) is 18.2. The van der Waals surface area contributed by atoms with Crippen LogP contribution in [-0.4, -0.2) is 166 Å². The van der Waals surface area contributed by atoms with Gasteiger partial charge in [-0.1, -0.05) is 34.3 Å². The second-order valence-corrected chi connectivity index (χ2v) is 24.3. The number of aryl methyl sites for hydroxylation is 1. The number of methoxy groups -OCH3 is 1. The predicted molar refractivity (Wildman–Crippen MR) is 288 cm³/mol. The van der Waals surface area contributed by atoms with Crippen LogP contribution in [0.15, 0.2) is 49.2 Å². The van der Waals surface area contributed by atoms with Gasteiger partial charge in [0.05, 0.1) is 59.7 Å². The van der Waals surface area contributed by atoms with Crippen molar-refractivity contribution < 1.29 is 42.9 Å². The van der Waals surface area contributed by atoms with Gasteiger partial charge < -0.3 is 48.4 Å². The Bertz CT molecular complexity index is 2680. The number of morpholine rings is 1. The van der Waals surface area contributed by atoms with Crippen LogP contribution in [-0.2, 0) is 51.1 Å². The fourth-order valence-electron chi connectivity index (χ4n) is 12.6. The highest BCUT2D eigenvalue weighted by molar-refractivity contribution is 8.01. The summed E-state index contributed by atoms with van der Waals surface area (Å²) in [7, 11) is 3.37. The van der Waals surface area contributed by atoms with Crippen molar-refractivity contribution in [3.63, 3.8) is 0 Å². The van der Waals surface area contributed by atoms with Gasteiger partial charge in [-0.05, 0) is 114 Å². The Hall–Kier alpha value is -5.21. The molecular weight excluding hydrogens is 975 g/mol. The summed E-state index contributed by atoms with van der Waals surface area (Å²) in [5.41, 5.74) is 6.48. The van der Waals surface area contributed by atoms with Crippen molar-refractivity contribution in [2.75, 3.05) is 77.3 Å². The Morgan fingerprint density at radius 3 is 2.52 bits per heavy atom. The Morgan fingerprint density at radius 1 is 1.08 bits per heavy atom. The number of hydrogen-bond donors (Lipinski definition) is 2. The quantitative estimate of drug-likeness (QED) is 0.175. The minimum atomic E-state index is -1.10. The predicted octanol–water partition coefficient (Wildman–Crippen LogP) is 6.51. The lowest BCUT2D eigenvalue weighted by Gasteiger charge is -2.52. The number of benzene rings is 1. The van der Waals surface area contributed by atoms with Crippen molar-refractivity contribution in [2.24, 2.45) is 16.7 Å². The number of hydrazine groups is 1. The molecule has 75 heavy (non-hydrogen) atoms. The Kier molecular flexibility index (Phi) is 15.5. The molecule has 0 saturated carbocycles. The summed E-state index contributed by atoms with van der Waals surface area (Å²) < 4.78 is 27.5. The number of aromatic nitrogens is 2. The number of cyclic esters (lactones) is 1. The van der Waals surface area contributed by atoms with Crippen LogP contribution in [0.1, 0.15) is 105 Å². The van der Waals surface area contributed by atoms with Crippen molar-refractivity contribution in [1.82, 2.24) is 40.0 Å². The number of rotatable bonds is 9. The van der Waals surface area contributed by atoms with Crippen LogP contribution in [0.5, 0.6) is 0 Å². The fraction of sp³-hybridized carbons (Fsp3) is 0.643. The highest BCUT2D eigenvalue weighted by atomic mass is 32.2. The van der Waals surface area contributed by atoms with Gasteiger partial charge in [0.25, 0.3) is 0 Å². The van der Waals surface area contributed by atoms with Crippen LogP contribution >= 0.6 is 11.8 Å². The van der Waals surface area contributed by atoms with Crippen molar-refractivity contribution >= 4 is 58.1 Å². The van der Waals surface area contributed by atoms with E-state index in [1.54, 1.807) is 29.0 Å². The van der Waals surface area contributed by atoms with Gasteiger partial charge in [-0.3, -0.25) is 29.2 Å². The third kappa shape index (κ3) is 10.4. The molecule has 0 radical (unpaired) electrons. The molecule has 3 aromatic rings. The van der Waals surface area contributed by atoms with Crippen molar-refractivity contribution in [2.45, 2.75) is 141 Å². The van der Waals surface area contributed by atoms with Gasteiger partial charge in [0.2, 0.25) is 17.7 Å². The molecule has 6 bridgehead atoms. The maximum atomic E-state index is 15.4. The van der Waals surface area contributed by atoms with Crippen LogP contribution < -0.4 is 15.6 Å². The molecule has 2 aromatic heterocycles. The smallest absolute Gasteiger partial charge is 0.324 e. The van der Waals surface area contributed by atoms with E-state index in [2.05, 4.69) is 71.8 Å². The molecule has 408 valence electrons. The largest absolute Gasteiger partial charge is 0.464 e. The molecule has 1 aromatic carbocycles. The number of fused-ring (bicyclic) bond motifs is 6. The van der Waals surface area contributed by atoms with Gasteiger partial charge in [0.1, 0.15) is 17.8 Å². The normalized spacial score (nSPS) is 26.4. The van der Waals surface area contributed by atoms with E-state index in [-0.39, 0.29) is 48.5 Å². The number of thioether (sulfide) groups is 1. The topological polar surface area (TPSA) is 180 Å². The lowest BCUT2D eigenvalue weighted by molar-refractivity contribution is -0.159. The van der Waals surface area contributed by atoms with Crippen LogP contribution in [0.3, 0.4) is 0 Å². The van der Waals surface area contributed by atoms with Crippen LogP contribution in [0.4, 0.5) is 10.5 Å². The molecule has 9 rings (SSSR count). The second kappa shape index (κ2) is 21.3. The van der Waals surface area contributed by atoms with Crippen molar-refractivity contribution in [3.8, 4) is 11.3 Å². The monoisotopic (exact) mass is 1050 g/mol. The van der Waals surface area contributed by atoms with Gasteiger partial charge in [0, 0.05) is 92.9 Å². The average molecular weight is 1050 g/mol. The van der Waals surface area contributed by atoms with Crippen molar-refractivity contribution in [1.29, 1.82) is 0 Å². The summed E-state index contributed by atoms with van der Waals surface area (Å²) in [6.07, 6.45) is 5.55. The molecule has 5 saturated heterocycles. The Labute approximate surface area is 446 Å². The van der Waals surface area contributed by atoms with E-state index in [1.165, 1.54) is 22.7 Å². The maximum absolute atomic E-state index is 15.4. The van der Waals surface area contributed by atoms with Gasteiger partial charge in [-0.2, -0.15) is 0 Å². The zero-order chi connectivity index (χ0) is 53.8. The number of piperidine rings is 1. The number of likely N-dealkylation sites (N-methyl/N-ethyl adjacent to an activating group) is 1. The number of pyridine rings is 1. The average Bonchev–Trinajstić information content (AvgIpc) is 3.86. The van der Waals surface area contributed by atoms with E-state index in [0.29, 0.717) is 96.7 Å². The number of amides is 5. The summed E-state index contributed by atoms with van der Waals surface area (Å²) in [4.78, 5) is 83.5. The number of nitrogens with zero attached hydrogens (tertiary/aromatic N) is 7. The molecule has 2 unspecified atom stereocenters. The van der Waals surface area contributed by atoms with Gasteiger partial charge in [-0.25, -0.2) is 10.2 Å². The number of carbonyl (C=O) groups is 5. The summed E-state index contributed by atoms with van der Waals surface area (Å²) in [5, 5.41) is 5.32. The second-order valence-electron chi connectivity index (χ2n) is 23.2. The number of urea groups is 1. The molecule has 5 fully saturated rings. The summed E-state index contributed by atoms with van der Waals surface area (Å²) in [6, 6.07) is 8.87. The van der Waals surface area contributed by atoms with Crippen LogP contribution in [0, 0.1) is 16.7 Å². The Morgan fingerprint density at radius 2 is 1.84 bits per heavy atom. The minimum absolute atomic E-state index is 0.153. The van der Waals surface area contributed by atoms with Crippen LogP contribution in [0.2, 0.25) is 0 Å². The SMILES string of the molecule is C=CC(=O)N1CC2(CCN(C(=O)N(C)[C@H](C(=O)NC3SCC34C[C@H]3CN(CCO3)c3ccc5c(c3)c(c(-c3cccnc3[C@H](C)OC)n5CC)CC(C)(C)COC(=O)[C@@H]3CCCN(N3)C4=O)C(C)C)CC2)OC1(C)C. The zero-order valence-electron chi connectivity index (χ0n) is 45.7. The number of anilines is 1. The van der Waals surface area contributed by atoms with Crippen molar-refractivity contribution in [3.05, 3.63) is 60.4 Å². The number of carbonyl (C=O) groups excluding carboxylic acids is 5. The molecule has 8 heterocycles. The van der Waals surface area contributed by atoms with E-state index in [4.69, 9.17) is 23.9 Å². The van der Waals surface area contributed by atoms with E-state index >= 15 is 4.79 Å². The van der Waals surface area contributed by atoms with E-state index in [0.717, 1.165) is 39.1 Å². The van der Waals surface area contributed by atoms with Crippen LogP contribution in [0.25, 0.3) is 22.2 Å². The zero-order valence-corrected chi connectivity index (χ0v) is 46.6. The molecule has 2 spiro atoms. The standard InChI is InChI=1S/C56H79N9O9S/c1-12-44(66)64-32-55(74-54(64,8)9)20-24-61(25-21-55)52(70)60(10)46(35(3)4)48(67)58-50-56(34-75-50)29-38-31-62(26-27-72-38)37-18-19-43-40(28-37)41(47(63(43)13-2)39-16-14-22-57-45(39)36(5)71-11)30-53(6,7)33-73-49(68)42-17-15-23-65(59-42)51(56)69/h12,14,16,18-19,22,28,35-36,38,42,46,50,59H,1,13,15,17,20-21,23-27,29-34H2,2-11H3,(H,58,67)/t36-,38-,42-,46-,50?,56?/m0/s1. The molecule has 6 aliphatic heterocycles. The first-order valence-corrected chi connectivity index (χ1v) is 28.0. The Balaban J connectivity index is 1.00. The van der Waals surface area contributed by atoms with E-state index in [9.17, 15) is 19.2 Å². The number of ether oxygens (including phenoxy) is 4.